The molecule has 1 heterocycles. The van der Waals surface area contributed by atoms with Crippen LogP contribution in [0.3, 0.4) is 0 Å². The topological polar surface area (TPSA) is 77.5 Å². The van der Waals surface area contributed by atoms with Crippen molar-refractivity contribution in [2.24, 2.45) is 11.1 Å². The number of nitrogens with two attached hydrogens (primary N) is 1. The Hall–Kier alpha value is -1.77. The maximum Gasteiger partial charge on any atom is 0.162 e. The van der Waals surface area contributed by atoms with Gasteiger partial charge in [0.25, 0.3) is 0 Å². The molecular weight excluding hydrogens is 256 g/mol. The number of methoxy groups -OCH3 is 1. The van der Waals surface area contributed by atoms with E-state index in [2.05, 4.69) is 6.07 Å². The zero-order valence-electron chi connectivity index (χ0n) is 11.7. The van der Waals surface area contributed by atoms with Crippen molar-refractivity contribution in [1.82, 2.24) is 0 Å². The van der Waals surface area contributed by atoms with Crippen LogP contribution in [-0.4, -0.2) is 33.5 Å². The quantitative estimate of drug-likeness (QED) is 0.885. The molecule has 0 radical (unpaired) electrons. The van der Waals surface area contributed by atoms with Gasteiger partial charge in [0.1, 0.15) is 0 Å². The molecule has 0 atom stereocenters. The predicted molar refractivity (Wildman–Crippen MR) is 74.7 cm³/mol. The largest absolute Gasteiger partial charge is 0.493 e. The number of nitriles is 1. The first kappa shape index (κ1) is 14.6. The summed E-state index contributed by atoms with van der Waals surface area (Å²) in [5, 5.41) is 8.96. The summed E-state index contributed by atoms with van der Waals surface area (Å²) in [6.07, 6.45) is 1.79. The fourth-order valence-electron chi connectivity index (χ4n) is 2.30. The van der Waals surface area contributed by atoms with Crippen molar-refractivity contribution in [2.45, 2.75) is 12.8 Å². The molecule has 0 aliphatic carbocycles. The van der Waals surface area contributed by atoms with Crippen LogP contribution in [0.1, 0.15) is 18.4 Å². The second kappa shape index (κ2) is 6.60. The summed E-state index contributed by atoms with van der Waals surface area (Å²) in [5.41, 5.74) is 6.41. The average molecular weight is 276 g/mol. The van der Waals surface area contributed by atoms with Crippen molar-refractivity contribution in [3.05, 3.63) is 23.8 Å². The van der Waals surface area contributed by atoms with E-state index in [1.165, 1.54) is 0 Å². The third-order valence-corrected chi connectivity index (χ3v) is 3.81. The van der Waals surface area contributed by atoms with Crippen molar-refractivity contribution in [2.75, 3.05) is 33.5 Å². The lowest BCUT2D eigenvalue weighted by atomic mass is 9.81. The van der Waals surface area contributed by atoms with Gasteiger partial charge in [-0.05, 0) is 25.0 Å². The van der Waals surface area contributed by atoms with E-state index in [4.69, 9.17) is 25.2 Å². The fourth-order valence-corrected chi connectivity index (χ4v) is 2.30. The summed E-state index contributed by atoms with van der Waals surface area (Å²) in [5.74, 6) is 1.22. The van der Waals surface area contributed by atoms with Crippen LogP contribution >= 0.6 is 0 Å². The first-order valence-electron chi connectivity index (χ1n) is 6.72. The molecule has 1 aromatic carbocycles. The molecule has 2 rings (SSSR count). The zero-order valence-corrected chi connectivity index (χ0v) is 11.7. The average Bonchev–Trinajstić information content (AvgIpc) is 2.53. The summed E-state index contributed by atoms with van der Waals surface area (Å²) in [7, 11) is 1.58. The normalized spacial score (nSPS) is 17.2. The van der Waals surface area contributed by atoms with Gasteiger partial charge in [-0.2, -0.15) is 5.26 Å². The molecule has 108 valence electrons. The van der Waals surface area contributed by atoms with Crippen LogP contribution in [0.4, 0.5) is 0 Å². The van der Waals surface area contributed by atoms with Gasteiger partial charge < -0.3 is 19.9 Å². The fraction of sp³-hybridized carbons (Fsp3) is 0.533. The molecule has 0 saturated carbocycles. The van der Waals surface area contributed by atoms with Gasteiger partial charge in [-0.15, -0.1) is 0 Å². The van der Waals surface area contributed by atoms with Gasteiger partial charge in [0.05, 0.1) is 25.3 Å². The van der Waals surface area contributed by atoms with Crippen LogP contribution in [0.15, 0.2) is 18.2 Å². The molecule has 1 aromatic rings. The lowest BCUT2D eigenvalue weighted by Crippen LogP contribution is -2.41. The summed E-state index contributed by atoms with van der Waals surface area (Å²) in [6, 6.07) is 7.25. The third kappa shape index (κ3) is 3.21. The Balaban J connectivity index is 2.11. The van der Waals surface area contributed by atoms with Crippen molar-refractivity contribution >= 4 is 0 Å². The molecule has 20 heavy (non-hydrogen) atoms. The van der Waals surface area contributed by atoms with Crippen molar-refractivity contribution in [3.63, 3.8) is 0 Å². The van der Waals surface area contributed by atoms with Crippen LogP contribution in [0.2, 0.25) is 0 Å². The van der Waals surface area contributed by atoms with Crippen LogP contribution in [-0.2, 0) is 4.74 Å². The monoisotopic (exact) mass is 276 g/mol. The minimum atomic E-state index is -0.0497. The van der Waals surface area contributed by atoms with Crippen molar-refractivity contribution < 1.29 is 14.2 Å². The Bertz CT molecular complexity index is 490. The molecule has 0 aromatic heterocycles. The standard InChI is InChI=1S/C15H20N2O3/c1-18-13-3-2-12(9-16)8-14(13)20-11-15(10-17)4-6-19-7-5-15/h2-3,8H,4-7,10-11,17H2,1H3. The Labute approximate surface area is 119 Å². The van der Waals surface area contributed by atoms with Crippen molar-refractivity contribution in [1.29, 1.82) is 5.26 Å². The van der Waals surface area contributed by atoms with Gasteiger partial charge in [0.2, 0.25) is 0 Å². The lowest BCUT2D eigenvalue weighted by molar-refractivity contribution is -0.00539. The van der Waals surface area contributed by atoms with Crippen LogP contribution in [0, 0.1) is 16.7 Å². The molecule has 0 amide bonds. The van der Waals surface area contributed by atoms with Gasteiger partial charge in [0.15, 0.2) is 11.5 Å². The van der Waals surface area contributed by atoms with Crippen LogP contribution in [0.5, 0.6) is 11.5 Å². The Morgan fingerprint density at radius 2 is 2.10 bits per heavy atom. The molecule has 5 nitrogen and oxygen atoms in total. The Morgan fingerprint density at radius 3 is 2.70 bits per heavy atom. The van der Waals surface area contributed by atoms with E-state index in [0.29, 0.717) is 30.2 Å². The zero-order chi connectivity index (χ0) is 14.4. The first-order valence-corrected chi connectivity index (χ1v) is 6.72. The van der Waals surface area contributed by atoms with Crippen LogP contribution < -0.4 is 15.2 Å². The number of ether oxygens (including phenoxy) is 3. The summed E-state index contributed by atoms with van der Waals surface area (Å²) in [4.78, 5) is 0. The molecule has 0 spiro atoms. The SMILES string of the molecule is COc1ccc(C#N)cc1OCC1(CN)CCOCC1. The van der Waals surface area contributed by atoms with E-state index >= 15 is 0 Å². The molecule has 1 fully saturated rings. The third-order valence-electron chi connectivity index (χ3n) is 3.81. The summed E-state index contributed by atoms with van der Waals surface area (Å²) in [6.45, 7) is 2.51. The number of benzene rings is 1. The molecule has 5 heteroatoms. The maximum absolute atomic E-state index is 8.96. The van der Waals surface area contributed by atoms with Gasteiger partial charge in [0, 0.05) is 31.2 Å². The molecule has 1 aliphatic rings. The number of nitrogens with zero attached hydrogens (tertiary/aromatic N) is 1. The second-order valence-corrected chi connectivity index (χ2v) is 5.08. The van der Waals surface area contributed by atoms with E-state index in [9.17, 15) is 0 Å². The van der Waals surface area contributed by atoms with Gasteiger partial charge in [-0.3, -0.25) is 0 Å². The predicted octanol–water partition coefficient (Wildman–Crippen LogP) is 1.70. The van der Waals surface area contributed by atoms with E-state index < -0.39 is 0 Å². The molecule has 1 aliphatic heterocycles. The van der Waals surface area contributed by atoms with E-state index in [1.54, 1.807) is 25.3 Å². The van der Waals surface area contributed by atoms with E-state index in [0.717, 1.165) is 26.1 Å². The smallest absolute Gasteiger partial charge is 0.162 e. The number of hydrogen-bond acceptors (Lipinski definition) is 5. The van der Waals surface area contributed by atoms with Gasteiger partial charge >= 0.3 is 0 Å². The maximum atomic E-state index is 8.96. The summed E-state index contributed by atoms with van der Waals surface area (Å²) >= 11 is 0. The van der Waals surface area contributed by atoms with Crippen molar-refractivity contribution in [3.8, 4) is 17.6 Å². The first-order chi connectivity index (χ1) is 9.73. The highest BCUT2D eigenvalue weighted by atomic mass is 16.5. The van der Waals surface area contributed by atoms with Gasteiger partial charge in [-0.1, -0.05) is 0 Å². The lowest BCUT2D eigenvalue weighted by Gasteiger charge is -2.35. The molecule has 0 unspecified atom stereocenters. The highest BCUT2D eigenvalue weighted by Gasteiger charge is 2.32. The molecular formula is C15H20N2O3. The van der Waals surface area contributed by atoms with E-state index in [1.807, 2.05) is 0 Å². The van der Waals surface area contributed by atoms with E-state index in [-0.39, 0.29) is 5.41 Å². The van der Waals surface area contributed by atoms with Crippen LogP contribution in [0.25, 0.3) is 0 Å². The highest BCUT2D eigenvalue weighted by Crippen LogP contribution is 2.33. The molecule has 0 bridgehead atoms. The minimum Gasteiger partial charge on any atom is -0.493 e. The second-order valence-electron chi connectivity index (χ2n) is 5.08. The minimum absolute atomic E-state index is 0.0497. The molecule has 2 N–H and O–H groups in total. The summed E-state index contributed by atoms with van der Waals surface area (Å²) < 4.78 is 16.5. The number of hydrogen-bond donors (Lipinski definition) is 1. The Morgan fingerprint density at radius 1 is 1.35 bits per heavy atom. The number of rotatable bonds is 5. The molecule has 1 saturated heterocycles. The van der Waals surface area contributed by atoms with Gasteiger partial charge in [-0.25, -0.2) is 0 Å². The Kier molecular flexibility index (Phi) is 4.83. The highest BCUT2D eigenvalue weighted by molar-refractivity contribution is 5.46.